The van der Waals surface area contributed by atoms with Gasteiger partial charge in [0.15, 0.2) is 0 Å². The maximum absolute atomic E-state index is 12.1. The highest BCUT2D eigenvalue weighted by atomic mass is 19.4. The summed E-state index contributed by atoms with van der Waals surface area (Å²) in [6, 6.07) is 3.33. The van der Waals surface area contributed by atoms with E-state index in [0.29, 0.717) is 6.29 Å². The lowest BCUT2D eigenvalue weighted by atomic mass is 10.1. The second-order valence-electron chi connectivity index (χ2n) is 3.67. The molecule has 0 bridgehead atoms. The Morgan fingerprint density at radius 2 is 2.10 bits per heavy atom. The average molecular weight is 285 g/mol. The third kappa shape index (κ3) is 5.91. The lowest BCUT2D eigenvalue weighted by Gasteiger charge is -2.09. The maximum atomic E-state index is 12.1. The summed E-state index contributed by atoms with van der Waals surface area (Å²) in [5.41, 5.74) is 0.190. The van der Waals surface area contributed by atoms with Crippen molar-refractivity contribution in [2.24, 2.45) is 0 Å². The molecule has 0 aromatic heterocycles. The number of carbonyl (C=O) groups excluding carboxylic acids is 2. The van der Waals surface area contributed by atoms with Crippen LogP contribution in [0, 0.1) is 11.8 Å². The highest BCUT2D eigenvalue weighted by Gasteiger charge is 2.31. The Bertz CT molecular complexity index is 570. The lowest BCUT2D eigenvalue weighted by molar-refractivity contribution is -0.274. The Hall–Kier alpha value is -2.49. The number of nitrogens with one attached hydrogen (secondary N) is 1. The summed E-state index contributed by atoms with van der Waals surface area (Å²) in [5, 5.41) is 2.40. The fourth-order valence-electron chi connectivity index (χ4n) is 1.27. The molecule has 1 amide bonds. The SMILES string of the molecule is CC(=O)NCC#Cc1cc(C=O)cc(OC(F)(F)F)c1. The third-order valence-electron chi connectivity index (χ3n) is 1.96. The van der Waals surface area contributed by atoms with Crippen molar-refractivity contribution < 1.29 is 27.5 Å². The number of hydrogen-bond donors (Lipinski definition) is 1. The molecule has 0 atom stereocenters. The fourth-order valence-corrected chi connectivity index (χ4v) is 1.27. The molecule has 20 heavy (non-hydrogen) atoms. The summed E-state index contributed by atoms with van der Waals surface area (Å²) in [6.07, 6.45) is -4.45. The van der Waals surface area contributed by atoms with Crippen LogP contribution in [0.5, 0.6) is 5.75 Å². The Morgan fingerprint density at radius 1 is 1.40 bits per heavy atom. The first-order chi connectivity index (χ1) is 9.30. The Kier molecular flexibility index (Phi) is 5.15. The van der Waals surface area contributed by atoms with Gasteiger partial charge in [-0.2, -0.15) is 0 Å². The minimum absolute atomic E-state index is 0.00979. The summed E-state index contributed by atoms with van der Waals surface area (Å²) in [7, 11) is 0. The third-order valence-corrected chi connectivity index (χ3v) is 1.96. The number of rotatable bonds is 3. The van der Waals surface area contributed by atoms with Gasteiger partial charge >= 0.3 is 6.36 Å². The van der Waals surface area contributed by atoms with Crippen LogP contribution >= 0.6 is 0 Å². The molecule has 1 aromatic rings. The van der Waals surface area contributed by atoms with Gasteiger partial charge in [0, 0.05) is 18.1 Å². The number of alkyl halides is 3. The van der Waals surface area contributed by atoms with Crippen LogP contribution in [0.3, 0.4) is 0 Å². The quantitative estimate of drug-likeness (QED) is 0.681. The molecule has 7 heteroatoms. The van der Waals surface area contributed by atoms with Gasteiger partial charge in [-0.1, -0.05) is 11.8 Å². The van der Waals surface area contributed by atoms with Crippen molar-refractivity contribution in [1.82, 2.24) is 5.32 Å². The number of hydrogen-bond acceptors (Lipinski definition) is 3. The van der Waals surface area contributed by atoms with Crippen molar-refractivity contribution in [2.45, 2.75) is 13.3 Å². The van der Waals surface area contributed by atoms with Gasteiger partial charge in [-0.25, -0.2) is 0 Å². The van der Waals surface area contributed by atoms with E-state index in [9.17, 15) is 22.8 Å². The predicted octanol–water partition coefficient (Wildman–Crippen LogP) is 1.89. The second kappa shape index (κ2) is 6.61. The molecule has 0 saturated carbocycles. The standard InChI is InChI=1S/C13H10F3NO3/c1-9(19)17-4-2-3-10-5-11(8-18)7-12(6-10)20-13(14,15)16/h5-8H,4H2,1H3,(H,17,19). The highest BCUT2D eigenvalue weighted by molar-refractivity contribution is 5.76. The van der Waals surface area contributed by atoms with Crippen LogP contribution in [0.1, 0.15) is 22.8 Å². The van der Waals surface area contributed by atoms with E-state index in [4.69, 9.17) is 0 Å². The summed E-state index contributed by atoms with van der Waals surface area (Å²) in [6.45, 7) is 1.36. The molecular formula is C13H10F3NO3. The first-order valence-corrected chi connectivity index (χ1v) is 5.39. The van der Waals surface area contributed by atoms with E-state index in [1.165, 1.54) is 13.0 Å². The largest absolute Gasteiger partial charge is 0.573 e. The molecule has 0 aliphatic rings. The van der Waals surface area contributed by atoms with E-state index in [1.807, 2.05) is 0 Å². The van der Waals surface area contributed by atoms with Gasteiger partial charge in [0.25, 0.3) is 0 Å². The van der Waals surface area contributed by atoms with Gasteiger partial charge in [-0.3, -0.25) is 9.59 Å². The van der Waals surface area contributed by atoms with Crippen LogP contribution in [0.15, 0.2) is 18.2 Å². The number of ether oxygens (including phenoxy) is 1. The zero-order chi connectivity index (χ0) is 15.2. The monoisotopic (exact) mass is 285 g/mol. The molecule has 1 aromatic carbocycles. The molecule has 0 aliphatic heterocycles. The van der Waals surface area contributed by atoms with Gasteiger partial charge in [0.2, 0.25) is 5.91 Å². The Balaban J connectivity index is 2.93. The molecule has 1 N–H and O–H groups in total. The minimum Gasteiger partial charge on any atom is -0.406 e. The highest BCUT2D eigenvalue weighted by Crippen LogP contribution is 2.24. The maximum Gasteiger partial charge on any atom is 0.573 e. The van der Waals surface area contributed by atoms with Crippen molar-refractivity contribution in [3.8, 4) is 17.6 Å². The van der Waals surface area contributed by atoms with Gasteiger partial charge in [0.05, 0.1) is 6.54 Å². The van der Waals surface area contributed by atoms with E-state index >= 15 is 0 Å². The number of benzene rings is 1. The first-order valence-electron chi connectivity index (χ1n) is 5.39. The van der Waals surface area contributed by atoms with Crippen LogP contribution in [0.4, 0.5) is 13.2 Å². The molecule has 0 heterocycles. The number of carbonyl (C=O) groups is 2. The average Bonchev–Trinajstić information content (AvgIpc) is 2.32. The van der Waals surface area contributed by atoms with Crippen LogP contribution < -0.4 is 10.1 Å². The smallest absolute Gasteiger partial charge is 0.406 e. The van der Waals surface area contributed by atoms with E-state index in [1.54, 1.807) is 0 Å². The predicted molar refractivity (Wildman–Crippen MR) is 64.1 cm³/mol. The van der Waals surface area contributed by atoms with E-state index in [2.05, 4.69) is 21.9 Å². The van der Waals surface area contributed by atoms with Crippen molar-refractivity contribution in [3.63, 3.8) is 0 Å². The minimum atomic E-state index is -4.84. The molecule has 0 spiro atoms. The van der Waals surface area contributed by atoms with E-state index in [0.717, 1.165) is 12.1 Å². The summed E-state index contributed by atoms with van der Waals surface area (Å²) < 4.78 is 40.1. The Labute approximate surface area is 112 Å². The summed E-state index contributed by atoms with van der Waals surface area (Å²) in [4.78, 5) is 21.2. The number of amides is 1. The van der Waals surface area contributed by atoms with E-state index in [-0.39, 0.29) is 23.6 Å². The molecule has 106 valence electrons. The zero-order valence-electron chi connectivity index (χ0n) is 10.4. The number of halogens is 3. The second-order valence-corrected chi connectivity index (χ2v) is 3.67. The normalized spacial score (nSPS) is 10.2. The fraction of sp³-hybridized carbons (Fsp3) is 0.231. The van der Waals surface area contributed by atoms with Crippen molar-refractivity contribution >= 4 is 12.2 Å². The van der Waals surface area contributed by atoms with Gasteiger partial charge in [0.1, 0.15) is 12.0 Å². The molecule has 1 rings (SSSR count). The van der Waals surface area contributed by atoms with Crippen LogP contribution in [0.2, 0.25) is 0 Å². The van der Waals surface area contributed by atoms with Crippen molar-refractivity contribution in [2.75, 3.05) is 6.54 Å². The van der Waals surface area contributed by atoms with Crippen LogP contribution in [-0.4, -0.2) is 25.1 Å². The van der Waals surface area contributed by atoms with Crippen LogP contribution in [0.25, 0.3) is 0 Å². The van der Waals surface area contributed by atoms with Crippen molar-refractivity contribution in [1.29, 1.82) is 0 Å². The molecular weight excluding hydrogens is 275 g/mol. The molecule has 0 unspecified atom stereocenters. The first kappa shape index (κ1) is 15.6. The number of aldehydes is 1. The topological polar surface area (TPSA) is 55.4 Å². The lowest BCUT2D eigenvalue weighted by Crippen LogP contribution is -2.19. The van der Waals surface area contributed by atoms with Crippen LogP contribution in [-0.2, 0) is 4.79 Å². The molecule has 4 nitrogen and oxygen atoms in total. The Morgan fingerprint density at radius 3 is 2.65 bits per heavy atom. The van der Waals surface area contributed by atoms with E-state index < -0.39 is 12.1 Å². The molecule has 0 aliphatic carbocycles. The van der Waals surface area contributed by atoms with Gasteiger partial charge < -0.3 is 10.1 Å². The molecule has 0 fully saturated rings. The summed E-state index contributed by atoms with van der Waals surface area (Å²) in [5.74, 6) is 4.27. The summed E-state index contributed by atoms with van der Waals surface area (Å²) >= 11 is 0. The van der Waals surface area contributed by atoms with Gasteiger partial charge in [-0.05, 0) is 18.2 Å². The molecule has 0 saturated heterocycles. The zero-order valence-corrected chi connectivity index (χ0v) is 10.4. The molecule has 0 radical (unpaired) electrons. The van der Waals surface area contributed by atoms with Crippen molar-refractivity contribution in [3.05, 3.63) is 29.3 Å². The van der Waals surface area contributed by atoms with Gasteiger partial charge in [-0.15, -0.1) is 13.2 Å².